The van der Waals surface area contributed by atoms with Crippen LogP contribution >= 0.6 is 0 Å². The second-order valence-electron chi connectivity index (χ2n) is 19.0. The molecule has 46 heavy (non-hydrogen) atoms. The highest BCUT2D eigenvalue weighted by Crippen LogP contribution is 2.47. The normalized spacial score (nSPS) is 39.8. The third kappa shape index (κ3) is 10.0. The Morgan fingerprint density at radius 2 is 1.37 bits per heavy atom. The number of unbranched alkanes of at least 4 members (excludes halogenated alkanes) is 1. The number of rotatable bonds is 16. The molecule has 1 heterocycles. The summed E-state index contributed by atoms with van der Waals surface area (Å²) in [5.41, 5.74) is 0. The van der Waals surface area contributed by atoms with Gasteiger partial charge < -0.3 is 5.32 Å². The van der Waals surface area contributed by atoms with E-state index in [-0.39, 0.29) is 0 Å². The van der Waals surface area contributed by atoms with Crippen molar-refractivity contribution in [3.63, 3.8) is 0 Å². The Balaban J connectivity index is 0.989. The van der Waals surface area contributed by atoms with Gasteiger partial charge >= 0.3 is 0 Å². The van der Waals surface area contributed by atoms with Crippen molar-refractivity contribution in [1.82, 2.24) is 5.32 Å². The van der Waals surface area contributed by atoms with Crippen molar-refractivity contribution in [3.05, 3.63) is 0 Å². The average molecular weight is 638 g/mol. The molecule has 0 amide bonds. The molecule has 268 valence electrons. The molecule has 0 radical (unpaired) electrons. The van der Waals surface area contributed by atoms with Crippen LogP contribution in [0.25, 0.3) is 0 Å². The summed E-state index contributed by atoms with van der Waals surface area (Å²) in [6.45, 7) is 15.3. The number of fused-ring (bicyclic) bond motifs is 1. The first-order valence-corrected chi connectivity index (χ1v) is 22.1. The highest BCUT2D eigenvalue weighted by atomic mass is 15.0. The molecule has 0 aromatic rings. The van der Waals surface area contributed by atoms with Gasteiger partial charge in [0.25, 0.3) is 0 Å². The maximum absolute atomic E-state index is 4.22. The summed E-state index contributed by atoms with van der Waals surface area (Å²) >= 11 is 0. The summed E-state index contributed by atoms with van der Waals surface area (Å²) < 4.78 is 0. The Morgan fingerprint density at radius 3 is 2.13 bits per heavy atom. The first kappa shape index (κ1) is 37.2. The molecule has 1 saturated heterocycles. The van der Waals surface area contributed by atoms with E-state index in [0.717, 1.165) is 83.1 Å². The van der Waals surface area contributed by atoms with Gasteiger partial charge in [0, 0.05) is 12.1 Å². The lowest BCUT2D eigenvalue weighted by atomic mass is 9.62. The molecule has 8 unspecified atom stereocenters. The minimum atomic E-state index is 0.861. The van der Waals surface area contributed by atoms with Gasteiger partial charge in [-0.15, -0.1) is 0 Å². The molecule has 0 aromatic carbocycles. The molecule has 12 atom stereocenters. The predicted octanol–water partition coefficient (Wildman–Crippen LogP) is 13.6. The SMILES string of the molecule is CCC(C)CCC(C)[C@H]1CCC[C@@H](C(CC)CCCCC2CCC([C@H](C)CC3CCCCC3C3C[C@@H]4CCCCC4N3)CC2)C1C. The Bertz CT molecular complexity index is 813. The van der Waals surface area contributed by atoms with Crippen LogP contribution < -0.4 is 5.32 Å². The van der Waals surface area contributed by atoms with Crippen molar-refractivity contribution < 1.29 is 0 Å². The van der Waals surface area contributed by atoms with Crippen LogP contribution in [-0.4, -0.2) is 12.1 Å². The molecule has 1 heteroatoms. The highest BCUT2D eigenvalue weighted by molar-refractivity contribution is 4.98. The molecule has 4 saturated carbocycles. The number of hydrogen-bond acceptors (Lipinski definition) is 1. The van der Waals surface area contributed by atoms with Crippen LogP contribution in [0.5, 0.6) is 0 Å². The summed E-state index contributed by atoms with van der Waals surface area (Å²) in [6.07, 6.45) is 37.6. The van der Waals surface area contributed by atoms with Crippen molar-refractivity contribution in [2.24, 2.45) is 71.0 Å². The maximum Gasteiger partial charge on any atom is 0.0104 e. The smallest absolute Gasteiger partial charge is 0.0104 e. The molecule has 1 N–H and O–H groups in total. The minimum absolute atomic E-state index is 0.861. The van der Waals surface area contributed by atoms with Crippen LogP contribution in [-0.2, 0) is 0 Å². The van der Waals surface area contributed by atoms with Crippen LogP contribution in [0, 0.1) is 71.0 Å². The first-order valence-electron chi connectivity index (χ1n) is 22.1. The average Bonchev–Trinajstić information content (AvgIpc) is 3.52. The molecule has 5 rings (SSSR count). The van der Waals surface area contributed by atoms with Crippen LogP contribution in [0.1, 0.15) is 202 Å². The van der Waals surface area contributed by atoms with Gasteiger partial charge in [-0.1, -0.05) is 144 Å². The first-order chi connectivity index (χ1) is 22.4. The zero-order chi connectivity index (χ0) is 32.5. The fourth-order valence-corrected chi connectivity index (χ4v) is 12.9. The molecule has 0 spiro atoms. The van der Waals surface area contributed by atoms with Crippen LogP contribution in [0.2, 0.25) is 0 Å². The third-order valence-corrected chi connectivity index (χ3v) is 16.3. The van der Waals surface area contributed by atoms with Crippen LogP contribution in [0.15, 0.2) is 0 Å². The zero-order valence-corrected chi connectivity index (χ0v) is 32.3. The van der Waals surface area contributed by atoms with E-state index in [1.165, 1.54) is 128 Å². The summed E-state index contributed by atoms with van der Waals surface area (Å²) in [7, 11) is 0. The second kappa shape index (κ2) is 18.8. The molecule has 4 aliphatic carbocycles. The largest absolute Gasteiger partial charge is 0.311 e. The summed E-state index contributed by atoms with van der Waals surface area (Å²) in [4.78, 5) is 0. The van der Waals surface area contributed by atoms with Gasteiger partial charge in [0.2, 0.25) is 0 Å². The van der Waals surface area contributed by atoms with Gasteiger partial charge in [0.1, 0.15) is 0 Å². The zero-order valence-electron chi connectivity index (χ0n) is 32.3. The Morgan fingerprint density at radius 1 is 0.630 bits per heavy atom. The molecular formula is C45H83N. The quantitative estimate of drug-likeness (QED) is 0.166. The molecular weight excluding hydrogens is 555 g/mol. The van der Waals surface area contributed by atoms with Crippen molar-refractivity contribution in [2.75, 3.05) is 0 Å². The van der Waals surface area contributed by atoms with E-state index in [9.17, 15) is 0 Å². The van der Waals surface area contributed by atoms with Crippen molar-refractivity contribution in [1.29, 1.82) is 0 Å². The molecule has 0 aromatic heterocycles. The second-order valence-corrected chi connectivity index (χ2v) is 19.0. The third-order valence-electron chi connectivity index (χ3n) is 16.3. The van der Waals surface area contributed by atoms with E-state index in [1.807, 2.05) is 0 Å². The van der Waals surface area contributed by atoms with Gasteiger partial charge in [-0.2, -0.15) is 0 Å². The van der Waals surface area contributed by atoms with E-state index >= 15 is 0 Å². The number of nitrogens with one attached hydrogen (secondary N) is 1. The fourth-order valence-electron chi connectivity index (χ4n) is 12.9. The molecule has 0 bridgehead atoms. The predicted molar refractivity (Wildman–Crippen MR) is 202 cm³/mol. The van der Waals surface area contributed by atoms with Gasteiger partial charge in [-0.25, -0.2) is 0 Å². The van der Waals surface area contributed by atoms with Gasteiger partial charge in [-0.05, 0) is 129 Å². The standard InChI is InChI=1S/C45H83N/c1-7-32(3)24-25-33(4)41-21-15-22-42(35(41)6)37(8-2)17-10-9-16-36-26-28-38(29-27-36)34(5)30-39-18-11-13-20-43(39)45-31-40-19-12-14-23-44(40)46-45/h32-46H,7-31H2,1-6H3/t32?,33?,34-,35?,36?,37?,38?,39?,40+,41-,42-,43?,44?,45?/m1/s1. The Hall–Kier alpha value is -0.0400. The van der Waals surface area contributed by atoms with Crippen molar-refractivity contribution in [2.45, 2.75) is 214 Å². The summed E-state index contributed by atoms with van der Waals surface area (Å²) in [6, 6.07) is 1.74. The van der Waals surface area contributed by atoms with E-state index in [4.69, 9.17) is 0 Å². The van der Waals surface area contributed by atoms with E-state index in [1.54, 1.807) is 32.1 Å². The molecule has 5 fully saturated rings. The van der Waals surface area contributed by atoms with Crippen molar-refractivity contribution in [3.8, 4) is 0 Å². The van der Waals surface area contributed by atoms with Crippen LogP contribution in [0.4, 0.5) is 0 Å². The summed E-state index contributed by atoms with van der Waals surface area (Å²) in [5.74, 6) is 11.8. The van der Waals surface area contributed by atoms with E-state index in [2.05, 4.69) is 46.9 Å². The monoisotopic (exact) mass is 638 g/mol. The topological polar surface area (TPSA) is 12.0 Å². The van der Waals surface area contributed by atoms with E-state index < -0.39 is 0 Å². The fraction of sp³-hybridized carbons (Fsp3) is 1.00. The summed E-state index contributed by atoms with van der Waals surface area (Å²) in [5, 5.41) is 4.22. The van der Waals surface area contributed by atoms with Crippen LogP contribution in [0.3, 0.4) is 0 Å². The molecule has 5 aliphatic rings. The Labute approximate surface area is 289 Å². The van der Waals surface area contributed by atoms with Crippen molar-refractivity contribution >= 4 is 0 Å². The minimum Gasteiger partial charge on any atom is -0.311 e. The molecule has 1 aliphatic heterocycles. The Kier molecular flexibility index (Phi) is 15.2. The highest BCUT2D eigenvalue weighted by Gasteiger charge is 2.42. The lowest BCUT2D eigenvalue weighted by Crippen LogP contribution is -2.41. The van der Waals surface area contributed by atoms with E-state index in [0.29, 0.717) is 0 Å². The molecule has 1 nitrogen and oxygen atoms in total. The maximum atomic E-state index is 4.22. The van der Waals surface area contributed by atoms with Gasteiger partial charge in [-0.3, -0.25) is 0 Å². The van der Waals surface area contributed by atoms with Gasteiger partial charge in [0.15, 0.2) is 0 Å². The lowest BCUT2D eigenvalue weighted by Gasteiger charge is -2.43. The number of hydrogen-bond donors (Lipinski definition) is 1. The van der Waals surface area contributed by atoms with Gasteiger partial charge in [0.05, 0.1) is 0 Å². The lowest BCUT2D eigenvalue weighted by molar-refractivity contribution is 0.0684.